The fourth-order valence-electron chi connectivity index (χ4n) is 2.66. The van der Waals surface area contributed by atoms with Crippen molar-refractivity contribution < 1.29 is 29.6 Å². The number of carbonyl (C=O) groups is 2. The predicted octanol–water partition coefficient (Wildman–Crippen LogP) is 2.06. The van der Waals surface area contributed by atoms with Crippen LogP contribution in [0.25, 0.3) is 0 Å². The van der Waals surface area contributed by atoms with E-state index in [-0.39, 0.29) is 24.3 Å². The number of phenolic OH excluding ortho intramolecular Hbond substituents is 2. The van der Waals surface area contributed by atoms with Gasteiger partial charge in [0.2, 0.25) is 0 Å². The maximum Gasteiger partial charge on any atom is 0.338 e. The molecule has 2 aromatic carbocycles. The second-order valence-electron chi connectivity index (χ2n) is 6.25. The number of phenols is 2. The number of carboxylic acids is 1. The van der Waals surface area contributed by atoms with Gasteiger partial charge in [0, 0.05) is 12.8 Å². The molecule has 7 nitrogen and oxygen atoms in total. The fraction of sp³-hybridized carbons (Fsp3) is 0.263. The lowest BCUT2D eigenvalue weighted by Gasteiger charge is -2.28. The van der Waals surface area contributed by atoms with Gasteiger partial charge in [0.15, 0.2) is 11.5 Å². The number of carboxylic acid groups (broad SMARTS) is 1. The number of ether oxygens (including phenoxy) is 1. The van der Waals surface area contributed by atoms with Crippen molar-refractivity contribution in [3.05, 3.63) is 59.7 Å². The van der Waals surface area contributed by atoms with Crippen LogP contribution in [0, 0.1) is 0 Å². The van der Waals surface area contributed by atoms with Gasteiger partial charge in [-0.15, -0.1) is 0 Å². The van der Waals surface area contributed by atoms with Crippen LogP contribution in [-0.4, -0.2) is 38.9 Å². The number of aliphatic carboxylic acids is 1. The van der Waals surface area contributed by atoms with E-state index in [1.54, 1.807) is 37.3 Å². The first-order valence-corrected chi connectivity index (χ1v) is 8.00. The molecule has 0 spiro atoms. The van der Waals surface area contributed by atoms with Gasteiger partial charge in [-0.25, -0.2) is 4.79 Å². The first-order valence-electron chi connectivity index (χ1n) is 8.00. The summed E-state index contributed by atoms with van der Waals surface area (Å²) < 4.78 is 5.29. The number of nitrogens with two attached hydrogens (primary N) is 1. The van der Waals surface area contributed by atoms with Crippen molar-refractivity contribution in [1.29, 1.82) is 0 Å². The summed E-state index contributed by atoms with van der Waals surface area (Å²) in [6, 6.07) is 12.3. The Hall–Kier alpha value is -3.06. The number of rotatable bonds is 7. The first-order chi connectivity index (χ1) is 12.2. The largest absolute Gasteiger partial charge is 0.504 e. The number of carbonyl (C=O) groups excluding carboxylic acids is 1. The van der Waals surface area contributed by atoms with Gasteiger partial charge in [0.05, 0.1) is 5.56 Å². The van der Waals surface area contributed by atoms with Crippen LogP contribution in [0.1, 0.15) is 29.3 Å². The Labute approximate surface area is 150 Å². The van der Waals surface area contributed by atoms with Crippen molar-refractivity contribution in [2.24, 2.45) is 5.73 Å². The van der Waals surface area contributed by atoms with Crippen LogP contribution in [0.5, 0.6) is 11.5 Å². The summed E-state index contributed by atoms with van der Waals surface area (Å²) in [7, 11) is 0. The van der Waals surface area contributed by atoms with Gasteiger partial charge in [-0.2, -0.15) is 0 Å². The smallest absolute Gasteiger partial charge is 0.338 e. The Bertz CT molecular complexity index is 792. The molecule has 0 amide bonds. The zero-order valence-corrected chi connectivity index (χ0v) is 14.3. The molecule has 0 radical (unpaired) electrons. The molecule has 0 bridgehead atoms. The van der Waals surface area contributed by atoms with Crippen molar-refractivity contribution in [1.82, 2.24) is 0 Å². The van der Waals surface area contributed by atoms with Gasteiger partial charge in [0.1, 0.15) is 11.6 Å². The zero-order chi connectivity index (χ0) is 19.3. The maximum atomic E-state index is 12.1. The van der Waals surface area contributed by atoms with E-state index < -0.39 is 23.6 Å². The molecule has 2 atom stereocenters. The van der Waals surface area contributed by atoms with E-state index >= 15 is 0 Å². The Morgan fingerprint density at radius 2 is 1.77 bits per heavy atom. The minimum absolute atomic E-state index is 0.108. The number of hydrogen-bond donors (Lipinski definition) is 4. The van der Waals surface area contributed by atoms with Crippen molar-refractivity contribution in [2.45, 2.75) is 31.4 Å². The van der Waals surface area contributed by atoms with E-state index in [0.29, 0.717) is 11.1 Å². The summed E-state index contributed by atoms with van der Waals surface area (Å²) in [6.45, 7) is 1.57. The third-order valence-electron chi connectivity index (χ3n) is 3.95. The van der Waals surface area contributed by atoms with Gasteiger partial charge in [0.25, 0.3) is 0 Å². The number of benzene rings is 2. The summed E-state index contributed by atoms with van der Waals surface area (Å²) in [5.74, 6) is -2.49. The average molecular weight is 359 g/mol. The summed E-state index contributed by atoms with van der Waals surface area (Å²) >= 11 is 0. The van der Waals surface area contributed by atoms with Crippen LogP contribution in [0.15, 0.2) is 48.5 Å². The zero-order valence-electron chi connectivity index (χ0n) is 14.3. The second kappa shape index (κ2) is 7.88. The molecular weight excluding hydrogens is 338 g/mol. The van der Waals surface area contributed by atoms with E-state index in [2.05, 4.69) is 0 Å². The molecule has 0 aromatic heterocycles. The van der Waals surface area contributed by atoms with Crippen molar-refractivity contribution in [2.75, 3.05) is 0 Å². The van der Waals surface area contributed by atoms with Crippen molar-refractivity contribution >= 4 is 11.9 Å². The maximum absolute atomic E-state index is 12.1. The fourth-order valence-corrected chi connectivity index (χ4v) is 2.66. The van der Waals surface area contributed by atoms with Gasteiger partial charge in [-0.05, 0) is 36.8 Å². The first kappa shape index (κ1) is 19.3. The van der Waals surface area contributed by atoms with Crippen LogP contribution < -0.4 is 5.73 Å². The Balaban J connectivity index is 2.09. The molecule has 7 heteroatoms. The molecular formula is C19H21NO6. The van der Waals surface area contributed by atoms with E-state index in [0.717, 1.165) is 0 Å². The molecule has 0 saturated carbocycles. The van der Waals surface area contributed by atoms with Crippen molar-refractivity contribution in [3.8, 4) is 11.5 Å². The topological polar surface area (TPSA) is 130 Å². The van der Waals surface area contributed by atoms with Gasteiger partial charge >= 0.3 is 11.9 Å². The molecule has 0 fully saturated rings. The molecule has 138 valence electrons. The summed E-state index contributed by atoms with van der Waals surface area (Å²) in [5, 5.41) is 28.4. The molecule has 0 saturated heterocycles. The van der Waals surface area contributed by atoms with Crippen LogP contribution in [-0.2, 0) is 16.0 Å². The molecule has 5 N–H and O–H groups in total. The molecule has 26 heavy (non-hydrogen) atoms. The molecule has 2 unspecified atom stereocenters. The number of esters is 1. The molecule has 2 aromatic rings. The van der Waals surface area contributed by atoms with Crippen LogP contribution in [0.2, 0.25) is 0 Å². The normalized spacial score (nSPS) is 14.2. The lowest BCUT2D eigenvalue weighted by Crippen LogP contribution is -2.52. The lowest BCUT2D eigenvalue weighted by atomic mass is 9.86. The van der Waals surface area contributed by atoms with Crippen LogP contribution >= 0.6 is 0 Å². The standard InChI is InChI=1S/C19H21NO6/c1-12(26-17(23)14-5-3-2-4-6-14)10-19(20,18(24)25)11-13-7-8-15(21)16(22)9-13/h2-9,12,21-22H,10-11,20H2,1H3,(H,24,25). The molecule has 2 rings (SSSR count). The highest BCUT2D eigenvalue weighted by Gasteiger charge is 2.37. The highest BCUT2D eigenvalue weighted by molar-refractivity contribution is 5.89. The predicted molar refractivity (Wildman–Crippen MR) is 94.0 cm³/mol. The van der Waals surface area contributed by atoms with Gasteiger partial charge in [-0.3, -0.25) is 4.79 Å². The van der Waals surface area contributed by atoms with E-state index in [9.17, 15) is 24.9 Å². The quantitative estimate of drug-likeness (QED) is 0.440. The van der Waals surface area contributed by atoms with Crippen LogP contribution in [0.4, 0.5) is 0 Å². The summed E-state index contributed by atoms with van der Waals surface area (Å²) in [4.78, 5) is 23.8. The monoisotopic (exact) mass is 359 g/mol. The minimum atomic E-state index is -1.71. The molecule has 0 aliphatic heterocycles. The number of hydrogen-bond acceptors (Lipinski definition) is 6. The van der Waals surface area contributed by atoms with E-state index in [4.69, 9.17) is 10.5 Å². The third-order valence-corrected chi connectivity index (χ3v) is 3.95. The van der Waals surface area contributed by atoms with Crippen LogP contribution in [0.3, 0.4) is 0 Å². The van der Waals surface area contributed by atoms with Gasteiger partial charge in [-0.1, -0.05) is 24.3 Å². The third kappa shape index (κ3) is 4.73. The highest BCUT2D eigenvalue weighted by atomic mass is 16.5. The Kier molecular flexibility index (Phi) is 5.84. The lowest BCUT2D eigenvalue weighted by molar-refractivity contribution is -0.144. The highest BCUT2D eigenvalue weighted by Crippen LogP contribution is 2.28. The summed E-state index contributed by atoms with van der Waals surface area (Å²) in [6.07, 6.45) is -0.971. The minimum Gasteiger partial charge on any atom is -0.504 e. The second-order valence-corrected chi connectivity index (χ2v) is 6.25. The molecule has 0 aliphatic carbocycles. The van der Waals surface area contributed by atoms with Crippen molar-refractivity contribution in [3.63, 3.8) is 0 Å². The van der Waals surface area contributed by atoms with E-state index in [1.165, 1.54) is 18.2 Å². The SMILES string of the molecule is CC(CC(N)(Cc1ccc(O)c(O)c1)C(=O)O)OC(=O)c1ccccc1. The molecule has 0 heterocycles. The Morgan fingerprint density at radius 1 is 1.12 bits per heavy atom. The van der Waals surface area contributed by atoms with Gasteiger partial charge < -0.3 is 25.8 Å². The van der Waals surface area contributed by atoms with E-state index in [1.807, 2.05) is 0 Å². The summed E-state index contributed by atoms with van der Waals surface area (Å²) in [5.41, 5.74) is 5.13. The average Bonchev–Trinajstić information content (AvgIpc) is 2.58. The molecule has 0 aliphatic rings. The Morgan fingerprint density at radius 3 is 2.35 bits per heavy atom. The number of aromatic hydroxyl groups is 2.